The van der Waals surface area contributed by atoms with E-state index < -0.39 is 11.3 Å². The summed E-state index contributed by atoms with van der Waals surface area (Å²) in [6.07, 6.45) is 0. The zero-order chi connectivity index (χ0) is 16.0. The Morgan fingerprint density at radius 1 is 1.33 bits per heavy atom. The van der Waals surface area contributed by atoms with E-state index in [9.17, 15) is 9.59 Å². The predicted octanol–water partition coefficient (Wildman–Crippen LogP) is 0.547. The molecule has 1 rings (SSSR count). The highest BCUT2D eigenvalue weighted by Gasteiger charge is 2.26. The fourth-order valence-corrected chi connectivity index (χ4v) is 1.58. The summed E-state index contributed by atoms with van der Waals surface area (Å²) < 4.78 is 0. The number of amides is 2. The zero-order valence-corrected chi connectivity index (χ0v) is 12.6. The van der Waals surface area contributed by atoms with Crippen LogP contribution >= 0.6 is 0 Å². The van der Waals surface area contributed by atoms with Crippen molar-refractivity contribution in [2.24, 2.45) is 16.9 Å². The molecule has 112 valence electrons. The number of carbonyl (C=O) groups is 2. The third kappa shape index (κ3) is 4.62. The lowest BCUT2D eigenvalue weighted by atomic mass is 9.92. The second-order valence-corrected chi connectivity index (χ2v) is 5.49. The molecular weight excluding hydrogens is 266 g/mol. The molecule has 21 heavy (non-hydrogen) atoms. The number of primary amides is 1. The van der Waals surface area contributed by atoms with Crippen molar-refractivity contribution in [1.82, 2.24) is 5.32 Å². The average Bonchev–Trinajstić information content (AvgIpc) is 2.43. The topological polar surface area (TPSA) is 98.2 Å². The molecule has 5 heteroatoms. The highest BCUT2D eigenvalue weighted by Crippen LogP contribution is 2.14. The number of benzene rings is 1. The molecular formula is C16H21N3O2. The van der Waals surface area contributed by atoms with Gasteiger partial charge in [0.1, 0.15) is 0 Å². The molecule has 0 aliphatic heterocycles. The molecule has 0 bridgehead atoms. The van der Waals surface area contributed by atoms with Gasteiger partial charge in [-0.2, -0.15) is 0 Å². The Balaban J connectivity index is 2.96. The normalized spacial score (nSPS) is 10.5. The van der Waals surface area contributed by atoms with Crippen molar-refractivity contribution in [1.29, 1.82) is 0 Å². The maximum absolute atomic E-state index is 12.3. The van der Waals surface area contributed by atoms with Crippen molar-refractivity contribution in [2.75, 3.05) is 13.1 Å². The van der Waals surface area contributed by atoms with E-state index in [0.717, 1.165) is 5.56 Å². The van der Waals surface area contributed by atoms with E-state index >= 15 is 0 Å². The molecule has 0 unspecified atom stereocenters. The molecule has 0 saturated carbocycles. The van der Waals surface area contributed by atoms with E-state index in [1.54, 1.807) is 26.0 Å². The number of hydrogen-bond acceptors (Lipinski definition) is 3. The first kappa shape index (κ1) is 16.7. The van der Waals surface area contributed by atoms with Crippen LogP contribution in [0, 0.1) is 24.2 Å². The molecule has 0 radical (unpaired) electrons. The molecule has 5 nitrogen and oxygen atoms in total. The lowest BCUT2D eigenvalue weighted by Crippen LogP contribution is -2.42. The summed E-state index contributed by atoms with van der Waals surface area (Å²) in [5, 5.41) is 2.73. The van der Waals surface area contributed by atoms with Crippen molar-refractivity contribution >= 4 is 11.8 Å². The summed E-state index contributed by atoms with van der Waals surface area (Å²) in [6.45, 7) is 5.65. The van der Waals surface area contributed by atoms with Crippen LogP contribution in [0.1, 0.15) is 35.3 Å². The number of hydrogen-bond donors (Lipinski definition) is 3. The van der Waals surface area contributed by atoms with Crippen molar-refractivity contribution < 1.29 is 9.59 Å². The van der Waals surface area contributed by atoms with Crippen molar-refractivity contribution in [3.63, 3.8) is 0 Å². The molecule has 0 saturated heterocycles. The van der Waals surface area contributed by atoms with Crippen molar-refractivity contribution in [2.45, 2.75) is 20.8 Å². The van der Waals surface area contributed by atoms with E-state index in [1.807, 2.05) is 13.0 Å². The Kier molecular flexibility index (Phi) is 5.51. The van der Waals surface area contributed by atoms with Gasteiger partial charge in [-0.25, -0.2) is 0 Å². The first-order valence-corrected chi connectivity index (χ1v) is 6.65. The molecule has 0 heterocycles. The van der Waals surface area contributed by atoms with Crippen LogP contribution in [0.2, 0.25) is 0 Å². The van der Waals surface area contributed by atoms with Gasteiger partial charge in [-0.1, -0.05) is 23.5 Å². The average molecular weight is 287 g/mol. The van der Waals surface area contributed by atoms with Crippen LogP contribution in [-0.2, 0) is 4.79 Å². The molecule has 0 spiro atoms. The van der Waals surface area contributed by atoms with Gasteiger partial charge < -0.3 is 16.8 Å². The molecule has 1 aromatic rings. The summed E-state index contributed by atoms with van der Waals surface area (Å²) in [5.74, 6) is 4.86. The maximum Gasteiger partial charge on any atom is 0.252 e. The summed E-state index contributed by atoms with van der Waals surface area (Å²) in [7, 11) is 0. The summed E-state index contributed by atoms with van der Waals surface area (Å²) >= 11 is 0. The quantitative estimate of drug-likeness (QED) is 0.705. The highest BCUT2D eigenvalue weighted by molar-refractivity contribution is 5.97. The van der Waals surface area contributed by atoms with Crippen LogP contribution in [0.5, 0.6) is 0 Å². The van der Waals surface area contributed by atoms with E-state index in [0.29, 0.717) is 11.1 Å². The Morgan fingerprint density at radius 2 is 2.00 bits per heavy atom. The lowest BCUT2D eigenvalue weighted by Gasteiger charge is -2.21. The molecule has 0 aliphatic rings. The van der Waals surface area contributed by atoms with Crippen LogP contribution in [0.3, 0.4) is 0 Å². The Bertz CT molecular complexity index is 610. The minimum Gasteiger partial charge on any atom is -0.369 e. The molecule has 2 amide bonds. The summed E-state index contributed by atoms with van der Waals surface area (Å²) in [5.41, 5.74) is 11.9. The van der Waals surface area contributed by atoms with Gasteiger partial charge >= 0.3 is 0 Å². The molecule has 5 N–H and O–H groups in total. The Morgan fingerprint density at radius 3 is 2.57 bits per heavy atom. The standard InChI is InChI=1S/C16H21N3O2/c1-11-6-7-12(5-4-8-17)13(9-11)14(20)19-10-16(2,3)15(18)21/h6-7,9H,8,10,17H2,1-3H3,(H2,18,21)(H,19,20). The van der Waals surface area contributed by atoms with Crippen molar-refractivity contribution in [3.8, 4) is 11.8 Å². The second-order valence-electron chi connectivity index (χ2n) is 5.49. The van der Waals surface area contributed by atoms with E-state index in [2.05, 4.69) is 17.2 Å². The monoisotopic (exact) mass is 287 g/mol. The minimum absolute atomic E-state index is 0.166. The van der Waals surface area contributed by atoms with Crippen LogP contribution in [0.25, 0.3) is 0 Å². The van der Waals surface area contributed by atoms with Gasteiger partial charge in [-0.3, -0.25) is 9.59 Å². The first-order chi connectivity index (χ1) is 9.77. The molecule has 0 fully saturated rings. The fourth-order valence-electron chi connectivity index (χ4n) is 1.58. The fraction of sp³-hybridized carbons (Fsp3) is 0.375. The molecule has 1 aromatic carbocycles. The second kappa shape index (κ2) is 6.91. The first-order valence-electron chi connectivity index (χ1n) is 6.65. The lowest BCUT2D eigenvalue weighted by molar-refractivity contribution is -0.125. The third-order valence-corrected chi connectivity index (χ3v) is 3.10. The number of nitrogens with one attached hydrogen (secondary N) is 1. The van der Waals surface area contributed by atoms with Crippen LogP contribution in [-0.4, -0.2) is 24.9 Å². The number of aryl methyl sites for hydroxylation is 1. The van der Waals surface area contributed by atoms with Gasteiger partial charge in [0.15, 0.2) is 0 Å². The van der Waals surface area contributed by atoms with Gasteiger partial charge in [-0.15, -0.1) is 0 Å². The summed E-state index contributed by atoms with van der Waals surface area (Å²) in [6, 6.07) is 5.42. The number of nitrogens with two attached hydrogens (primary N) is 2. The van der Waals surface area contributed by atoms with Gasteiger partial charge in [0.05, 0.1) is 17.5 Å². The molecule has 0 atom stereocenters. The third-order valence-electron chi connectivity index (χ3n) is 3.10. The van der Waals surface area contributed by atoms with E-state index in [1.165, 1.54) is 0 Å². The van der Waals surface area contributed by atoms with Crippen LogP contribution < -0.4 is 16.8 Å². The number of carbonyl (C=O) groups excluding carboxylic acids is 2. The van der Waals surface area contributed by atoms with Crippen LogP contribution in [0.4, 0.5) is 0 Å². The van der Waals surface area contributed by atoms with Crippen LogP contribution in [0.15, 0.2) is 18.2 Å². The Hall–Kier alpha value is -2.32. The predicted molar refractivity (Wildman–Crippen MR) is 82.4 cm³/mol. The van der Waals surface area contributed by atoms with E-state index in [-0.39, 0.29) is 19.0 Å². The van der Waals surface area contributed by atoms with Gasteiger partial charge in [0.25, 0.3) is 5.91 Å². The van der Waals surface area contributed by atoms with E-state index in [4.69, 9.17) is 11.5 Å². The van der Waals surface area contributed by atoms with Gasteiger partial charge in [0, 0.05) is 12.1 Å². The minimum atomic E-state index is -0.803. The zero-order valence-electron chi connectivity index (χ0n) is 12.6. The smallest absolute Gasteiger partial charge is 0.252 e. The summed E-state index contributed by atoms with van der Waals surface area (Å²) in [4.78, 5) is 23.6. The Labute approximate surface area is 125 Å². The molecule has 0 aromatic heterocycles. The highest BCUT2D eigenvalue weighted by atomic mass is 16.2. The maximum atomic E-state index is 12.3. The van der Waals surface area contributed by atoms with Gasteiger partial charge in [-0.05, 0) is 32.9 Å². The number of rotatable bonds is 4. The SMILES string of the molecule is Cc1ccc(C#CCN)c(C(=O)NCC(C)(C)C(N)=O)c1. The van der Waals surface area contributed by atoms with Gasteiger partial charge in [0.2, 0.25) is 5.91 Å². The molecule has 0 aliphatic carbocycles. The largest absolute Gasteiger partial charge is 0.369 e. The van der Waals surface area contributed by atoms with Crippen molar-refractivity contribution in [3.05, 3.63) is 34.9 Å².